The van der Waals surface area contributed by atoms with Gasteiger partial charge in [-0.25, -0.2) is 13.1 Å². The molecule has 23 heavy (non-hydrogen) atoms. The summed E-state index contributed by atoms with van der Waals surface area (Å²) in [5, 5.41) is 0. The van der Waals surface area contributed by atoms with E-state index < -0.39 is 10.0 Å². The zero-order valence-corrected chi connectivity index (χ0v) is 14.0. The summed E-state index contributed by atoms with van der Waals surface area (Å²) in [7, 11) is -3.31. The lowest BCUT2D eigenvalue weighted by molar-refractivity contribution is 0.357. The third-order valence-corrected chi connectivity index (χ3v) is 5.29. The highest BCUT2D eigenvalue weighted by Crippen LogP contribution is 2.25. The van der Waals surface area contributed by atoms with Gasteiger partial charge in [-0.2, -0.15) is 0 Å². The fraction of sp³-hybridized carbons (Fsp3) is 0.333. The summed E-state index contributed by atoms with van der Waals surface area (Å²) >= 11 is 0. The van der Waals surface area contributed by atoms with Gasteiger partial charge >= 0.3 is 0 Å². The topological polar surface area (TPSA) is 55.4 Å². The van der Waals surface area contributed by atoms with Gasteiger partial charge in [0.05, 0.1) is 12.4 Å². The molecule has 0 fully saturated rings. The molecule has 1 aliphatic rings. The van der Waals surface area contributed by atoms with E-state index in [4.69, 9.17) is 4.74 Å². The van der Waals surface area contributed by atoms with E-state index in [-0.39, 0.29) is 5.75 Å². The average Bonchev–Trinajstić information content (AvgIpc) is 2.94. The minimum absolute atomic E-state index is 0.0205. The number of sulfonamides is 1. The summed E-state index contributed by atoms with van der Waals surface area (Å²) in [6.07, 6.45) is 1.61. The average molecular weight is 331 g/mol. The lowest BCUT2D eigenvalue weighted by atomic mass is 10.1. The number of fused-ring (bicyclic) bond motifs is 1. The van der Waals surface area contributed by atoms with E-state index in [1.54, 1.807) is 0 Å². The molecule has 2 aromatic carbocycles. The van der Waals surface area contributed by atoms with Gasteiger partial charge in [0, 0.05) is 13.0 Å². The Morgan fingerprint density at radius 1 is 1.13 bits per heavy atom. The minimum atomic E-state index is -3.31. The Bertz CT molecular complexity index is 800. The first-order valence-electron chi connectivity index (χ1n) is 7.79. The van der Waals surface area contributed by atoms with Crippen molar-refractivity contribution >= 4 is 10.0 Å². The molecule has 122 valence electrons. The van der Waals surface area contributed by atoms with Crippen molar-refractivity contribution < 1.29 is 13.2 Å². The zero-order chi connectivity index (χ0) is 16.3. The molecule has 0 radical (unpaired) electrons. The minimum Gasteiger partial charge on any atom is -0.493 e. The maximum absolute atomic E-state index is 12.2. The predicted octanol–water partition coefficient (Wildman–Crippen LogP) is 2.59. The largest absolute Gasteiger partial charge is 0.493 e. The highest BCUT2D eigenvalue weighted by atomic mass is 32.2. The smallest absolute Gasteiger partial charge is 0.215 e. The van der Waals surface area contributed by atoms with Crippen LogP contribution >= 0.6 is 0 Å². The van der Waals surface area contributed by atoms with Crippen LogP contribution < -0.4 is 9.46 Å². The van der Waals surface area contributed by atoms with Crippen LogP contribution in [0.4, 0.5) is 0 Å². The Morgan fingerprint density at radius 3 is 2.83 bits per heavy atom. The quantitative estimate of drug-likeness (QED) is 0.885. The molecule has 1 N–H and O–H groups in total. The van der Waals surface area contributed by atoms with Crippen molar-refractivity contribution in [3.63, 3.8) is 0 Å². The fourth-order valence-corrected chi connectivity index (χ4v) is 3.95. The van der Waals surface area contributed by atoms with Crippen LogP contribution in [0.25, 0.3) is 0 Å². The summed E-state index contributed by atoms with van der Waals surface area (Å²) < 4.78 is 32.5. The molecule has 0 spiro atoms. The van der Waals surface area contributed by atoms with Gasteiger partial charge in [-0.15, -0.1) is 0 Å². The number of nitrogens with one attached hydrogen (secondary N) is 1. The molecular formula is C18H21NO3S. The summed E-state index contributed by atoms with van der Waals surface area (Å²) in [4.78, 5) is 0. The molecule has 0 saturated carbocycles. The number of benzene rings is 2. The van der Waals surface area contributed by atoms with Crippen LogP contribution in [0.2, 0.25) is 0 Å². The highest BCUT2D eigenvalue weighted by molar-refractivity contribution is 7.88. The summed E-state index contributed by atoms with van der Waals surface area (Å²) in [5.74, 6) is 0.973. The summed E-state index contributed by atoms with van der Waals surface area (Å²) in [6.45, 7) is 3.11. The second-order valence-electron chi connectivity index (χ2n) is 5.93. The molecule has 4 nitrogen and oxygen atoms in total. The molecule has 1 aliphatic heterocycles. The van der Waals surface area contributed by atoms with Crippen molar-refractivity contribution in [3.8, 4) is 5.75 Å². The Kier molecular flexibility index (Phi) is 4.68. The SMILES string of the molecule is Cc1cccc(CS(=O)(=O)NCCc2ccc3c(c2)CCO3)c1. The molecular weight excluding hydrogens is 310 g/mol. The number of aryl methyl sites for hydroxylation is 1. The van der Waals surface area contributed by atoms with Gasteiger partial charge in [0.2, 0.25) is 10.0 Å². The summed E-state index contributed by atoms with van der Waals surface area (Å²) in [5.41, 5.74) is 4.22. The molecule has 5 heteroatoms. The maximum atomic E-state index is 12.2. The standard InChI is InChI=1S/C18H21NO3S/c1-14-3-2-4-16(11-14)13-23(20,21)19-9-7-15-5-6-18-17(12-15)8-10-22-18/h2-6,11-12,19H,7-10,13H2,1H3. The van der Waals surface area contributed by atoms with Gasteiger partial charge in [0.1, 0.15) is 5.75 Å². The first-order valence-corrected chi connectivity index (χ1v) is 9.44. The normalized spacial score (nSPS) is 13.6. The van der Waals surface area contributed by atoms with Crippen LogP contribution in [0.1, 0.15) is 22.3 Å². The van der Waals surface area contributed by atoms with Crippen LogP contribution in [0.15, 0.2) is 42.5 Å². The first-order chi connectivity index (χ1) is 11.0. The zero-order valence-electron chi connectivity index (χ0n) is 13.2. The number of rotatable bonds is 6. The molecule has 3 rings (SSSR count). The fourth-order valence-electron chi connectivity index (χ4n) is 2.82. The second-order valence-corrected chi connectivity index (χ2v) is 7.74. The molecule has 0 aliphatic carbocycles. The third-order valence-electron chi connectivity index (χ3n) is 3.93. The van der Waals surface area contributed by atoms with Crippen molar-refractivity contribution in [2.75, 3.05) is 13.2 Å². The van der Waals surface area contributed by atoms with E-state index in [1.807, 2.05) is 43.3 Å². The summed E-state index contributed by atoms with van der Waals surface area (Å²) in [6, 6.07) is 13.7. The molecule has 0 aromatic heterocycles. The van der Waals surface area contributed by atoms with Crippen molar-refractivity contribution in [1.82, 2.24) is 4.72 Å². The van der Waals surface area contributed by atoms with E-state index in [0.29, 0.717) is 13.0 Å². The second kappa shape index (κ2) is 6.72. The van der Waals surface area contributed by atoms with Gasteiger partial charge in [-0.1, -0.05) is 42.0 Å². The Balaban J connectivity index is 1.55. The lowest BCUT2D eigenvalue weighted by Crippen LogP contribution is -2.27. The van der Waals surface area contributed by atoms with Gasteiger partial charge < -0.3 is 4.74 Å². The van der Waals surface area contributed by atoms with Crippen LogP contribution in [-0.2, 0) is 28.6 Å². The van der Waals surface area contributed by atoms with E-state index in [9.17, 15) is 8.42 Å². The third kappa shape index (κ3) is 4.33. The molecule has 0 unspecified atom stereocenters. The van der Waals surface area contributed by atoms with Gasteiger partial charge in [0.25, 0.3) is 0 Å². The van der Waals surface area contributed by atoms with E-state index in [2.05, 4.69) is 10.8 Å². The molecule has 2 aromatic rings. The molecule has 0 saturated heterocycles. The predicted molar refractivity (Wildman–Crippen MR) is 91.2 cm³/mol. The van der Waals surface area contributed by atoms with Gasteiger partial charge in [0.15, 0.2) is 0 Å². The number of hydrogen-bond donors (Lipinski definition) is 1. The monoisotopic (exact) mass is 331 g/mol. The van der Waals surface area contributed by atoms with Crippen LogP contribution in [0.5, 0.6) is 5.75 Å². The van der Waals surface area contributed by atoms with Crippen molar-refractivity contribution in [1.29, 1.82) is 0 Å². The van der Waals surface area contributed by atoms with Crippen molar-refractivity contribution in [2.24, 2.45) is 0 Å². The van der Waals surface area contributed by atoms with Gasteiger partial charge in [-0.3, -0.25) is 0 Å². The Labute approximate surface area is 137 Å². The van der Waals surface area contributed by atoms with Crippen molar-refractivity contribution in [3.05, 3.63) is 64.7 Å². The number of ether oxygens (including phenoxy) is 1. The van der Waals surface area contributed by atoms with E-state index in [1.165, 1.54) is 5.56 Å². The Hall–Kier alpha value is -1.85. The first kappa shape index (κ1) is 16.0. The molecule has 0 bridgehead atoms. The lowest BCUT2D eigenvalue weighted by Gasteiger charge is -2.08. The van der Waals surface area contributed by atoms with Crippen LogP contribution in [-0.4, -0.2) is 21.6 Å². The Morgan fingerprint density at radius 2 is 2.00 bits per heavy atom. The molecule has 1 heterocycles. The van der Waals surface area contributed by atoms with Crippen molar-refractivity contribution in [2.45, 2.75) is 25.5 Å². The highest BCUT2D eigenvalue weighted by Gasteiger charge is 2.13. The van der Waals surface area contributed by atoms with Crippen LogP contribution in [0, 0.1) is 6.92 Å². The molecule has 0 amide bonds. The molecule has 0 atom stereocenters. The van der Waals surface area contributed by atoms with Gasteiger partial charge in [-0.05, 0) is 36.1 Å². The van der Waals surface area contributed by atoms with Crippen LogP contribution in [0.3, 0.4) is 0 Å². The number of hydrogen-bond acceptors (Lipinski definition) is 3. The van der Waals surface area contributed by atoms with E-state index in [0.717, 1.165) is 35.5 Å². The van der Waals surface area contributed by atoms with E-state index >= 15 is 0 Å². The maximum Gasteiger partial charge on any atom is 0.215 e.